The summed E-state index contributed by atoms with van der Waals surface area (Å²) in [6.45, 7) is 4.22. The molecule has 0 amide bonds. The van der Waals surface area contributed by atoms with E-state index in [9.17, 15) is 4.39 Å². The molecule has 0 aliphatic rings. The summed E-state index contributed by atoms with van der Waals surface area (Å²) in [5.41, 5.74) is 8.52. The highest BCUT2D eigenvalue weighted by Crippen LogP contribution is 2.26. The SMILES string of the molecule is CC/C=C(\CCC)c1ccc(F)cc1N. The van der Waals surface area contributed by atoms with Crippen LogP contribution in [0.15, 0.2) is 24.3 Å². The Hall–Kier alpha value is -1.31. The van der Waals surface area contributed by atoms with Crippen LogP contribution in [0.1, 0.15) is 38.7 Å². The third-order valence-electron chi connectivity index (χ3n) is 2.33. The zero-order valence-corrected chi connectivity index (χ0v) is 9.39. The molecule has 0 radical (unpaired) electrons. The van der Waals surface area contributed by atoms with Crippen LogP contribution in [0.2, 0.25) is 0 Å². The third kappa shape index (κ3) is 3.08. The lowest BCUT2D eigenvalue weighted by Crippen LogP contribution is -1.95. The summed E-state index contributed by atoms with van der Waals surface area (Å²) in [5, 5.41) is 0. The second-order valence-corrected chi connectivity index (χ2v) is 3.62. The van der Waals surface area contributed by atoms with Crippen molar-refractivity contribution in [3.05, 3.63) is 35.7 Å². The number of halogens is 1. The van der Waals surface area contributed by atoms with E-state index in [4.69, 9.17) is 5.73 Å². The van der Waals surface area contributed by atoms with Crippen molar-refractivity contribution in [2.45, 2.75) is 33.1 Å². The van der Waals surface area contributed by atoms with E-state index in [1.54, 1.807) is 6.07 Å². The van der Waals surface area contributed by atoms with Crippen molar-refractivity contribution in [2.24, 2.45) is 0 Å². The molecule has 0 spiro atoms. The minimum Gasteiger partial charge on any atom is -0.398 e. The zero-order valence-electron chi connectivity index (χ0n) is 9.39. The van der Waals surface area contributed by atoms with Crippen LogP contribution < -0.4 is 5.73 Å². The molecular weight excluding hydrogens is 189 g/mol. The van der Waals surface area contributed by atoms with E-state index in [0.717, 1.165) is 24.8 Å². The van der Waals surface area contributed by atoms with Gasteiger partial charge in [0.05, 0.1) is 0 Å². The molecule has 2 heteroatoms. The molecule has 0 aliphatic carbocycles. The second kappa shape index (κ2) is 5.54. The molecular formula is C13H18FN. The molecule has 0 heterocycles. The fourth-order valence-corrected chi connectivity index (χ4v) is 1.69. The topological polar surface area (TPSA) is 26.0 Å². The molecule has 15 heavy (non-hydrogen) atoms. The standard InChI is InChI=1S/C13H18FN/c1-3-5-10(6-4-2)12-8-7-11(14)9-13(12)15/h5,7-9H,3-4,6,15H2,1-2H3/b10-5+. The Balaban J connectivity index is 3.06. The van der Waals surface area contributed by atoms with Crippen LogP contribution in [0, 0.1) is 5.82 Å². The Morgan fingerprint density at radius 1 is 1.40 bits per heavy atom. The van der Waals surface area contributed by atoms with Crippen molar-refractivity contribution in [3.63, 3.8) is 0 Å². The molecule has 0 aliphatic heterocycles. The Kier molecular flexibility index (Phi) is 4.35. The van der Waals surface area contributed by atoms with Gasteiger partial charge in [-0.1, -0.05) is 26.3 Å². The maximum atomic E-state index is 12.9. The van der Waals surface area contributed by atoms with Crippen molar-refractivity contribution in [1.82, 2.24) is 0 Å². The molecule has 1 aromatic carbocycles. The summed E-state index contributed by atoms with van der Waals surface area (Å²) >= 11 is 0. The van der Waals surface area contributed by atoms with E-state index in [1.165, 1.54) is 17.7 Å². The van der Waals surface area contributed by atoms with Gasteiger partial charge in [-0.3, -0.25) is 0 Å². The molecule has 1 rings (SSSR count). The molecule has 2 N–H and O–H groups in total. The Bertz CT molecular complexity index is 356. The van der Waals surface area contributed by atoms with Crippen LogP contribution in [0.3, 0.4) is 0 Å². The fraction of sp³-hybridized carbons (Fsp3) is 0.385. The fourth-order valence-electron chi connectivity index (χ4n) is 1.69. The summed E-state index contributed by atoms with van der Waals surface area (Å²) in [5.74, 6) is -0.274. The number of benzene rings is 1. The second-order valence-electron chi connectivity index (χ2n) is 3.62. The summed E-state index contributed by atoms with van der Waals surface area (Å²) in [4.78, 5) is 0. The molecule has 0 fully saturated rings. The van der Waals surface area contributed by atoms with Crippen LogP contribution in [-0.2, 0) is 0 Å². The van der Waals surface area contributed by atoms with E-state index < -0.39 is 0 Å². The first-order valence-corrected chi connectivity index (χ1v) is 5.43. The molecule has 82 valence electrons. The molecule has 0 aromatic heterocycles. The van der Waals surface area contributed by atoms with Gasteiger partial charge in [-0.2, -0.15) is 0 Å². The number of anilines is 1. The minimum absolute atomic E-state index is 0.274. The van der Waals surface area contributed by atoms with Crippen molar-refractivity contribution in [1.29, 1.82) is 0 Å². The zero-order chi connectivity index (χ0) is 11.3. The maximum absolute atomic E-state index is 12.9. The van der Waals surface area contributed by atoms with Crippen molar-refractivity contribution in [3.8, 4) is 0 Å². The number of rotatable bonds is 4. The van der Waals surface area contributed by atoms with Crippen molar-refractivity contribution < 1.29 is 4.39 Å². The van der Waals surface area contributed by atoms with E-state index in [1.807, 2.05) is 0 Å². The minimum atomic E-state index is -0.274. The van der Waals surface area contributed by atoms with Gasteiger partial charge in [-0.25, -0.2) is 4.39 Å². The number of nitrogen functional groups attached to an aromatic ring is 1. The lowest BCUT2D eigenvalue weighted by Gasteiger charge is -2.09. The molecule has 0 bridgehead atoms. The first kappa shape index (κ1) is 11.8. The molecule has 1 nitrogen and oxygen atoms in total. The number of hydrogen-bond acceptors (Lipinski definition) is 1. The van der Waals surface area contributed by atoms with Gasteiger partial charge in [-0.15, -0.1) is 0 Å². The van der Waals surface area contributed by atoms with Crippen molar-refractivity contribution >= 4 is 11.3 Å². The van der Waals surface area contributed by atoms with E-state index in [-0.39, 0.29) is 5.82 Å². The van der Waals surface area contributed by atoms with Gasteiger partial charge >= 0.3 is 0 Å². The average Bonchev–Trinajstić information content (AvgIpc) is 2.17. The highest BCUT2D eigenvalue weighted by atomic mass is 19.1. The molecule has 0 atom stereocenters. The lowest BCUT2D eigenvalue weighted by atomic mass is 9.99. The van der Waals surface area contributed by atoms with Crippen LogP contribution in [-0.4, -0.2) is 0 Å². The number of hydrogen-bond donors (Lipinski definition) is 1. The maximum Gasteiger partial charge on any atom is 0.125 e. The van der Waals surface area contributed by atoms with E-state index >= 15 is 0 Å². The largest absolute Gasteiger partial charge is 0.398 e. The third-order valence-corrected chi connectivity index (χ3v) is 2.33. The molecule has 1 aromatic rings. The van der Waals surface area contributed by atoms with Gasteiger partial charge in [0.15, 0.2) is 0 Å². The van der Waals surface area contributed by atoms with Gasteiger partial charge in [-0.05, 0) is 36.6 Å². The lowest BCUT2D eigenvalue weighted by molar-refractivity contribution is 0.628. The first-order valence-electron chi connectivity index (χ1n) is 5.43. The first-order chi connectivity index (χ1) is 7.19. The van der Waals surface area contributed by atoms with E-state index in [0.29, 0.717) is 5.69 Å². The molecule has 0 saturated carbocycles. The van der Waals surface area contributed by atoms with Crippen LogP contribution >= 0.6 is 0 Å². The summed E-state index contributed by atoms with van der Waals surface area (Å²) in [7, 11) is 0. The quantitative estimate of drug-likeness (QED) is 0.742. The monoisotopic (exact) mass is 207 g/mol. The van der Waals surface area contributed by atoms with Crippen LogP contribution in [0.4, 0.5) is 10.1 Å². The van der Waals surface area contributed by atoms with E-state index in [2.05, 4.69) is 19.9 Å². The van der Waals surface area contributed by atoms with Gasteiger partial charge < -0.3 is 5.73 Å². The highest BCUT2D eigenvalue weighted by molar-refractivity contribution is 5.74. The average molecular weight is 207 g/mol. The van der Waals surface area contributed by atoms with Gasteiger partial charge in [0.2, 0.25) is 0 Å². The van der Waals surface area contributed by atoms with Crippen LogP contribution in [0.5, 0.6) is 0 Å². The highest BCUT2D eigenvalue weighted by Gasteiger charge is 2.05. The molecule has 0 unspecified atom stereocenters. The summed E-state index contributed by atoms with van der Waals surface area (Å²) in [6.07, 6.45) is 5.20. The number of allylic oxidation sites excluding steroid dienone is 2. The predicted molar refractivity (Wildman–Crippen MR) is 64.0 cm³/mol. The smallest absolute Gasteiger partial charge is 0.125 e. The predicted octanol–water partition coefficient (Wildman–Crippen LogP) is 4.00. The summed E-state index contributed by atoms with van der Waals surface area (Å²) in [6, 6.07) is 4.61. The van der Waals surface area contributed by atoms with Gasteiger partial charge in [0.25, 0.3) is 0 Å². The van der Waals surface area contributed by atoms with Crippen molar-refractivity contribution in [2.75, 3.05) is 5.73 Å². The Morgan fingerprint density at radius 2 is 2.13 bits per heavy atom. The Morgan fingerprint density at radius 3 is 2.67 bits per heavy atom. The normalized spacial score (nSPS) is 11.8. The molecule has 0 saturated heterocycles. The number of nitrogens with two attached hydrogens (primary N) is 1. The summed E-state index contributed by atoms with van der Waals surface area (Å²) < 4.78 is 12.9. The van der Waals surface area contributed by atoms with Gasteiger partial charge in [0.1, 0.15) is 5.82 Å². The van der Waals surface area contributed by atoms with Gasteiger partial charge in [0, 0.05) is 11.3 Å². The van der Waals surface area contributed by atoms with Crippen LogP contribution in [0.25, 0.3) is 5.57 Å². The Labute approximate surface area is 90.8 Å².